The molecule has 0 radical (unpaired) electrons. The minimum absolute atomic E-state index is 0.148. The van der Waals surface area contributed by atoms with Gasteiger partial charge in [0.1, 0.15) is 5.57 Å². The van der Waals surface area contributed by atoms with E-state index < -0.39 is 16.7 Å². The summed E-state index contributed by atoms with van der Waals surface area (Å²) >= 11 is 6.04. The molecule has 0 unspecified atom stereocenters. The maximum Gasteiger partial charge on any atom is 0.282 e. The molecule has 1 aliphatic heterocycles. The molecule has 1 fully saturated rings. The Bertz CT molecular complexity index is 984. The fourth-order valence-corrected chi connectivity index (χ4v) is 2.69. The Kier molecular flexibility index (Phi) is 4.48. The Morgan fingerprint density at radius 1 is 1.12 bits per heavy atom. The lowest BCUT2D eigenvalue weighted by molar-refractivity contribution is -0.384. The molecule has 0 bridgehead atoms. The highest BCUT2D eigenvalue weighted by atomic mass is 35.5. The number of rotatable bonds is 3. The SMILES string of the molecule is Cc1ccc(N2NC(=O)C(=Cc3cc([N+](=O)[O-])ccc3Cl)C2=O)cc1C. The molecule has 2 amide bonds. The predicted octanol–water partition coefficient (Wildman–Crippen LogP) is 3.33. The first kappa shape index (κ1) is 17.6. The van der Waals surface area contributed by atoms with Gasteiger partial charge in [0.25, 0.3) is 17.5 Å². The topological polar surface area (TPSA) is 92.6 Å². The van der Waals surface area contributed by atoms with Crippen LogP contribution in [0.4, 0.5) is 11.4 Å². The third-order valence-electron chi connectivity index (χ3n) is 4.13. The predicted molar refractivity (Wildman–Crippen MR) is 97.6 cm³/mol. The van der Waals surface area contributed by atoms with Crippen molar-refractivity contribution in [3.63, 3.8) is 0 Å². The average Bonchev–Trinajstić information content (AvgIpc) is 2.87. The number of hydrogen-bond acceptors (Lipinski definition) is 4. The molecular weight excluding hydrogens is 358 g/mol. The first-order chi connectivity index (χ1) is 12.3. The number of nitrogens with zero attached hydrogens (tertiary/aromatic N) is 2. The summed E-state index contributed by atoms with van der Waals surface area (Å²) in [4.78, 5) is 35.2. The first-order valence-corrected chi connectivity index (χ1v) is 8.04. The summed E-state index contributed by atoms with van der Waals surface area (Å²) in [7, 11) is 0. The monoisotopic (exact) mass is 371 g/mol. The number of carbonyl (C=O) groups excluding carboxylic acids is 2. The van der Waals surface area contributed by atoms with Crippen molar-refractivity contribution in [3.8, 4) is 0 Å². The number of anilines is 1. The number of hydrazine groups is 1. The van der Waals surface area contributed by atoms with Crippen LogP contribution in [0.5, 0.6) is 0 Å². The minimum atomic E-state index is -0.601. The molecule has 2 aromatic rings. The molecule has 1 heterocycles. The van der Waals surface area contributed by atoms with Crippen LogP contribution in [0, 0.1) is 24.0 Å². The van der Waals surface area contributed by atoms with Gasteiger partial charge in [-0.2, -0.15) is 0 Å². The summed E-state index contributed by atoms with van der Waals surface area (Å²) in [6.45, 7) is 3.85. The van der Waals surface area contributed by atoms with Crippen LogP contribution in [0.3, 0.4) is 0 Å². The number of non-ortho nitro benzene ring substituents is 1. The van der Waals surface area contributed by atoms with Gasteiger partial charge >= 0.3 is 0 Å². The van der Waals surface area contributed by atoms with Crippen molar-refractivity contribution < 1.29 is 14.5 Å². The molecule has 1 aliphatic rings. The standard InChI is InChI=1S/C18H14ClN3O4/c1-10-3-4-13(7-11(10)2)21-18(24)15(17(23)20-21)9-12-8-14(22(25)26)5-6-16(12)19/h3-9H,1-2H3,(H,20,23). The molecular formula is C18H14ClN3O4. The summed E-state index contributed by atoms with van der Waals surface area (Å²) in [5.74, 6) is -1.16. The van der Waals surface area contributed by atoms with Crippen molar-refractivity contribution >= 4 is 40.9 Å². The van der Waals surface area contributed by atoms with Gasteiger partial charge in [-0.15, -0.1) is 0 Å². The molecule has 2 aromatic carbocycles. The Labute approximate surface area is 154 Å². The van der Waals surface area contributed by atoms with Gasteiger partial charge in [-0.05, 0) is 49.2 Å². The van der Waals surface area contributed by atoms with E-state index in [-0.39, 0.29) is 21.8 Å². The second-order valence-corrected chi connectivity index (χ2v) is 6.28. The van der Waals surface area contributed by atoms with E-state index in [4.69, 9.17) is 11.6 Å². The van der Waals surface area contributed by atoms with Crippen molar-refractivity contribution in [1.29, 1.82) is 0 Å². The molecule has 1 N–H and O–H groups in total. The highest BCUT2D eigenvalue weighted by Gasteiger charge is 2.34. The van der Waals surface area contributed by atoms with Crippen LogP contribution < -0.4 is 10.4 Å². The van der Waals surface area contributed by atoms with Crippen molar-refractivity contribution in [2.24, 2.45) is 0 Å². The van der Waals surface area contributed by atoms with E-state index in [9.17, 15) is 19.7 Å². The Balaban J connectivity index is 1.99. The van der Waals surface area contributed by atoms with Crippen LogP contribution in [0.25, 0.3) is 6.08 Å². The maximum absolute atomic E-state index is 12.6. The van der Waals surface area contributed by atoms with Crippen LogP contribution in [0.15, 0.2) is 42.0 Å². The maximum atomic E-state index is 12.6. The van der Waals surface area contributed by atoms with Gasteiger partial charge in [-0.3, -0.25) is 25.1 Å². The van der Waals surface area contributed by atoms with Crippen LogP contribution >= 0.6 is 11.6 Å². The van der Waals surface area contributed by atoms with Gasteiger partial charge in [0.05, 0.1) is 10.6 Å². The van der Waals surface area contributed by atoms with Crippen LogP contribution in [0.2, 0.25) is 5.02 Å². The van der Waals surface area contributed by atoms with Crippen molar-refractivity contribution in [2.45, 2.75) is 13.8 Å². The number of hydrogen-bond donors (Lipinski definition) is 1. The molecule has 7 nitrogen and oxygen atoms in total. The Morgan fingerprint density at radius 3 is 2.50 bits per heavy atom. The smallest absolute Gasteiger partial charge is 0.267 e. The lowest BCUT2D eigenvalue weighted by Gasteiger charge is -2.15. The lowest BCUT2D eigenvalue weighted by atomic mass is 10.1. The third-order valence-corrected chi connectivity index (χ3v) is 4.47. The molecule has 0 atom stereocenters. The summed E-state index contributed by atoms with van der Waals surface area (Å²) < 4.78 is 0. The lowest BCUT2D eigenvalue weighted by Crippen LogP contribution is -2.35. The van der Waals surface area contributed by atoms with Gasteiger partial charge in [0, 0.05) is 22.7 Å². The van der Waals surface area contributed by atoms with Gasteiger partial charge in [0.15, 0.2) is 0 Å². The van der Waals surface area contributed by atoms with E-state index in [0.717, 1.165) is 16.1 Å². The number of amides is 2. The molecule has 0 saturated carbocycles. The van der Waals surface area contributed by atoms with Gasteiger partial charge in [-0.25, -0.2) is 5.01 Å². The molecule has 3 rings (SSSR count). The Hall–Kier alpha value is -3.19. The van der Waals surface area contributed by atoms with E-state index >= 15 is 0 Å². The third kappa shape index (κ3) is 3.16. The molecule has 8 heteroatoms. The second-order valence-electron chi connectivity index (χ2n) is 5.87. The number of nitrogens with one attached hydrogen (secondary N) is 1. The highest BCUT2D eigenvalue weighted by Crippen LogP contribution is 2.27. The van der Waals surface area contributed by atoms with Crippen molar-refractivity contribution in [1.82, 2.24) is 5.43 Å². The van der Waals surface area contributed by atoms with Gasteiger partial charge < -0.3 is 0 Å². The van der Waals surface area contributed by atoms with Crippen LogP contribution in [0.1, 0.15) is 16.7 Å². The van der Waals surface area contributed by atoms with Crippen LogP contribution in [-0.2, 0) is 9.59 Å². The quantitative estimate of drug-likeness (QED) is 0.387. The molecule has 0 aromatic heterocycles. The van der Waals surface area contributed by atoms with E-state index in [0.29, 0.717) is 5.69 Å². The summed E-state index contributed by atoms with van der Waals surface area (Å²) in [5.41, 5.74) is 4.95. The first-order valence-electron chi connectivity index (χ1n) is 7.66. The van der Waals surface area contributed by atoms with E-state index in [1.165, 1.54) is 24.3 Å². The number of carbonyl (C=O) groups is 2. The molecule has 1 saturated heterocycles. The molecule has 0 spiro atoms. The number of aryl methyl sites for hydroxylation is 2. The summed E-state index contributed by atoms with van der Waals surface area (Å²) in [6, 6.07) is 9.19. The summed E-state index contributed by atoms with van der Waals surface area (Å²) in [5, 5.41) is 12.3. The second kappa shape index (κ2) is 6.61. The zero-order chi connectivity index (χ0) is 19.0. The number of benzene rings is 2. The number of halogens is 1. The van der Waals surface area contributed by atoms with E-state index in [1.54, 1.807) is 12.1 Å². The van der Waals surface area contributed by atoms with Gasteiger partial charge in [-0.1, -0.05) is 17.7 Å². The molecule has 132 valence electrons. The fraction of sp³-hybridized carbons (Fsp3) is 0.111. The van der Waals surface area contributed by atoms with E-state index in [2.05, 4.69) is 5.43 Å². The largest absolute Gasteiger partial charge is 0.282 e. The molecule has 0 aliphatic carbocycles. The zero-order valence-corrected chi connectivity index (χ0v) is 14.7. The van der Waals surface area contributed by atoms with Crippen molar-refractivity contribution in [3.05, 3.63) is 73.8 Å². The molecule has 26 heavy (non-hydrogen) atoms. The number of nitro benzene ring substituents is 1. The average molecular weight is 372 g/mol. The minimum Gasteiger partial charge on any atom is -0.267 e. The highest BCUT2D eigenvalue weighted by molar-refractivity contribution is 6.34. The normalized spacial score (nSPS) is 15.5. The van der Waals surface area contributed by atoms with Crippen molar-refractivity contribution in [2.75, 3.05) is 5.01 Å². The number of nitro groups is 1. The van der Waals surface area contributed by atoms with Crippen LogP contribution in [-0.4, -0.2) is 16.7 Å². The zero-order valence-electron chi connectivity index (χ0n) is 13.9. The summed E-state index contributed by atoms with van der Waals surface area (Å²) in [6.07, 6.45) is 1.26. The fourth-order valence-electron chi connectivity index (χ4n) is 2.51. The Morgan fingerprint density at radius 2 is 1.85 bits per heavy atom. The van der Waals surface area contributed by atoms with Gasteiger partial charge in [0.2, 0.25) is 0 Å². The van der Waals surface area contributed by atoms with E-state index in [1.807, 2.05) is 19.9 Å².